The third kappa shape index (κ3) is 4.53. The van der Waals surface area contributed by atoms with E-state index in [4.69, 9.17) is 5.73 Å². The second-order valence-corrected chi connectivity index (χ2v) is 7.61. The Kier molecular flexibility index (Phi) is 6.02. The Labute approximate surface area is 184 Å². The third-order valence-corrected chi connectivity index (χ3v) is 5.40. The number of hydrogen-bond acceptors (Lipinski definition) is 5. The number of amides is 4. The number of benzene rings is 2. The topological polar surface area (TPSA) is 120 Å². The van der Waals surface area contributed by atoms with Crippen LogP contribution in [0.15, 0.2) is 53.6 Å². The number of nitrogens with zero attached hydrogens (tertiary/aromatic N) is 3. The van der Waals surface area contributed by atoms with Crippen molar-refractivity contribution in [2.75, 3.05) is 28.7 Å². The Bertz CT molecular complexity index is 1070. The highest BCUT2D eigenvalue weighted by Gasteiger charge is 2.35. The molecule has 1 fully saturated rings. The molecule has 1 saturated heterocycles. The second kappa shape index (κ2) is 9.04. The van der Waals surface area contributed by atoms with Gasteiger partial charge in [0.1, 0.15) is 17.6 Å². The van der Waals surface area contributed by atoms with Crippen molar-refractivity contribution < 1.29 is 18.8 Å². The summed E-state index contributed by atoms with van der Waals surface area (Å²) in [6.45, 7) is 1.40. The standard InChI is InChI=1S/C22H23FN6O3/c23-14-7-9-15(10-8-14)29-19(20(24)30)13-18(27-29)21(31)25-16-5-1-2-6-17(16)26-22(32)28-11-3-4-12-28/h1-2,5-10,19H,3-4,11-13H2,(H2,24,30)(H,25,31)(H,26,32). The van der Waals surface area contributed by atoms with Gasteiger partial charge in [0.15, 0.2) is 0 Å². The Balaban J connectivity index is 1.51. The van der Waals surface area contributed by atoms with Gasteiger partial charge in [0.2, 0.25) is 5.91 Å². The summed E-state index contributed by atoms with van der Waals surface area (Å²) in [4.78, 5) is 39.0. The molecule has 0 bridgehead atoms. The van der Waals surface area contributed by atoms with Gasteiger partial charge in [-0.3, -0.25) is 14.6 Å². The molecule has 166 valence electrons. The van der Waals surface area contributed by atoms with Gasteiger partial charge in [0, 0.05) is 19.5 Å². The van der Waals surface area contributed by atoms with Crippen LogP contribution in [0.3, 0.4) is 0 Å². The molecule has 2 aromatic carbocycles. The molecule has 32 heavy (non-hydrogen) atoms. The number of likely N-dealkylation sites (tertiary alicyclic amines) is 1. The molecule has 0 saturated carbocycles. The van der Waals surface area contributed by atoms with Crippen LogP contribution in [0.25, 0.3) is 0 Å². The van der Waals surface area contributed by atoms with Gasteiger partial charge in [-0.2, -0.15) is 5.10 Å². The molecule has 9 nitrogen and oxygen atoms in total. The van der Waals surface area contributed by atoms with Gasteiger partial charge < -0.3 is 21.3 Å². The molecule has 10 heteroatoms. The summed E-state index contributed by atoms with van der Waals surface area (Å²) in [6.07, 6.45) is 1.94. The molecule has 4 amide bonds. The van der Waals surface area contributed by atoms with Gasteiger partial charge in [-0.05, 0) is 49.2 Å². The van der Waals surface area contributed by atoms with E-state index in [0.29, 0.717) is 30.2 Å². The average molecular weight is 438 g/mol. The van der Waals surface area contributed by atoms with E-state index in [0.717, 1.165) is 12.8 Å². The van der Waals surface area contributed by atoms with Crippen molar-refractivity contribution in [1.29, 1.82) is 0 Å². The summed E-state index contributed by atoms with van der Waals surface area (Å²) in [5.74, 6) is -1.61. The first-order valence-corrected chi connectivity index (χ1v) is 10.3. The summed E-state index contributed by atoms with van der Waals surface area (Å²) in [5.41, 5.74) is 6.90. The maximum absolute atomic E-state index is 13.3. The van der Waals surface area contributed by atoms with Crippen molar-refractivity contribution in [2.45, 2.75) is 25.3 Å². The van der Waals surface area contributed by atoms with Crippen LogP contribution in [0.5, 0.6) is 0 Å². The molecular weight excluding hydrogens is 415 g/mol. The number of hydrogen-bond donors (Lipinski definition) is 3. The van der Waals surface area contributed by atoms with Crippen LogP contribution in [0, 0.1) is 5.82 Å². The predicted molar refractivity (Wildman–Crippen MR) is 119 cm³/mol. The summed E-state index contributed by atoms with van der Waals surface area (Å²) in [7, 11) is 0. The van der Waals surface area contributed by atoms with Crippen LogP contribution in [0.1, 0.15) is 19.3 Å². The Morgan fingerprint density at radius 2 is 1.59 bits per heavy atom. The highest BCUT2D eigenvalue weighted by atomic mass is 19.1. The van der Waals surface area contributed by atoms with Crippen LogP contribution >= 0.6 is 0 Å². The monoisotopic (exact) mass is 438 g/mol. The minimum absolute atomic E-state index is 0.000840. The largest absolute Gasteiger partial charge is 0.368 e. The molecule has 2 aliphatic rings. The molecule has 1 unspecified atom stereocenters. The van der Waals surface area contributed by atoms with Gasteiger partial charge in [0.05, 0.1) is 17.1 Å². The van der Waals surface area contributed by atoms with Crippen molar-refractivity contribution in [2.24, 2.45) is 10.8 Å². The Hall–Kier alpha value is -3.95. The quantitative estimate of drug-likeness (QED) is 0.664. The molecule has 4 rings (SSSR count). The number of carbonyl (C=O) groups excluding carboxylic acids is 3. The fourth-order valence-electron chi connectivity index (χ4n) is 3.71. The van der Waals surface area contributed by atoms with Gasteiger partial charge in [-0.1, -0.05) is 12.1 Å². The summed E-state index contributed by atoms with van der Waals surface area (Å²) in [6, 6.07) is 11.1. The number of anilines is 3. The number of nitrogens with one attached hydrogen (secondary N) is 2. The molecule has 0 spiro atoms. The molecular formula is C22H23FN6O3. The fourth-order valence-corrected chi connectivity index (χ4v) is 3.71. The molecule has 0 radical (unpaired) electrons. The van der Waals surface area contributed by atoms with Crippen molar-refractivity contribution in [3.8, 4) is 0 Å². The molecule has 2 heterocycles. The highest BCUT2D eigenvalue weighted by molar-refractivity contribution is 6.44. The van der Waals surface area contributed by atoms with Crippen molar-refractivity contribution in [3.63, 3.8) is 0 Å². The number of hydrazone groups is 1. The van der Waals surface area contributed by atoms with Crippen molar-refractivity contribution in [1.82, 2.24) is 4.90 Å². The summed E-state index contributed by atoms with van der Waals surface area (Å²) < 4.78 is 13.3. The van der Waals surface area contributed by atoms with E-state index in [1.54, 1.807) is 29.2 Å². The molecule has 2 aliphatic heterocycles. The van der Waals surface area contributed by atoms with E-state index in [1.807, 2.05) is 0 Å². The lowest BCUT2D eigenvalue weighted by atomic mass is 10.1. The minimum Gasteiger partial charge on any atom is -0.368 e. The van der Waals surface area contributed by atoms with Gasteiger partial charge in [-0.15, -0.1) is 0 Å². The zero-order chi connectivity index (χ0) is 22.7. The van der Waals surface area contributed by atoms with Crippen LogP contribution < -0.4 is 21.4 Å². The first-order valence-electron chi connectivity index (χ1n) is 10.3. The fraction of sp³-hybridized carbons (Fsp3) is 0.273. The first-order chi connectivity index (χ1) is 15.4. The van der Waals surface area contributed by atoms with E-state index in [2.05, 4.69) is 15.7 Å². The molecule has 0 aliphatic carbocycles. The third-order valence-electron chi connectivity index (χ3n) is 5.40. The number of halogens is 1. The summed E-state index contributed by atoms with van der Waals surface area (Å²) >= 11 is 0. The molecule has 4 N–H and O–H groups in total. The van der Waals surface area contributed by atoms with Gasteiger partial charge in [0.25, 0.3) is 5.91 Å². The van der Waals surface area contributed by atoms with Crippen LogP contribution in [0.4, 0.5) is 26.2 Å². The number of rotatable bonds is 5. The number of urea groups is 1. The van der Waals surface area contributed by atoms with Crippen molar-refractivity contribution >= 4 is 40.6 Å². The first kappa shape index (κ1) is 21.3. The number of carbonyl (C=O) groups is 3. The zero-order valence-electron chi connectivity index (χ0n) is 17.3. The van der Waals surface area contributed by atoms with E-state index in [9.17, 15) is 18.8 Å². The van der Waals surface area contributed by atoms with E-state index < -0.39 is 23.7 Å². The average Bonchev–Trinajstić information content (AvgIpc) is 3.46. The Morgan fingerprint density at radius 3 is 2.22 bits per heavy atom. The van der Waals surface area contributed by atoms with Crippen molar-refractivity contribution in [3.05, 3.63) is 54.3 Å². The van der Waals surface area contributed by atoms with E-state index >= 15 is 0 Å². The van der Waals surface area contributed by atoms with Crippen LogP contribution in [-0.2, 0) is 9.59 Å². The van der Waals surface area contributed by atoms with Gasteiger partial charge in [-0.25, -0.2) is 9.18 Å². The smallest absolute Gasteiger partial charge is 0.321 e. The second-order valence-electron chi connectivity index (χ2n) is 7.61. The SMILES string of the molecule is NC(=O)C1CC(C(=O)Nc2ccccc2NC(=O)N2CCCC2)=NN1c1ccc(F)cc1. The van der Waals surface area contributed by atoms with Gasteiger partial charge >= 0.3 is 6.03 Å². The summed E-state index contributed by atoms with van der Waals surface area (Å²) in [5, 5.41) is 11.2. The zero-order valence-corrected chi connectivity index (χ0v) is 17.3. The minimum atomic E-state index is -0.869. The lowest BCUT2D eigenvalue weighted by molar-refractivity contribution is -0.119. The number of nitrogens with two attached hydrogens (primary N) is 1. The lowest BCUT2D eigenvalue weighted by Crippen LogP contribution is -2.39. The molecule has 2 aromatic rings. The number of primary amides is 1. The number of para-hydroxylation sites is 2. The van der Waals surface area contributed by atoms with E-state index in [-0.39, 0.29) is 18.2 Å². The lowest BCUT2D eigenvalue weighted by Gasteiger charge is -2.20. The normalized spacial score (nSPS) is 17.8. The van der Waals surface area contributed by atoms with Crippen LogP contribution in [-0.4, -0.2) is 47.6 Å². The highest BCUT2D eigenvalue weighted by Crippen LogP contribution is 2.27. The predicted octanol–water partition coefficient (Wildman–Crippen LogP) is 2.51. The maximum Gasteiger partial charge on any atom is 0.321 e. The molecule has 0 aromatic heterocycles. The maximum atomic E-state index is 13.3. The van der Waals surface area contributed by atoms with E-state index in [1.165, 1.54) is 29.3 Å². The Morgan fingerprint density at radius 1 is 0.969 bits per heavy atom. The van der Waals surface area contributed by atoms with Crippen LogP contribution in [0.2, 0.25) is 0 Å². The molecule has 1 atom stereocenters.